The molecular weight excluding hydrogens is 254 g/mol. The molecule has 2 unspecified atom stereocenters. The monoisotopic (exact) mass is 283 g/mol. The van der Waals surface area contributed by atoms with Crippen LogP contribution in [0.1, 0.15) is 39.5 Å². The second-order valence-electron chi connectivity index (χ2n) is 6.47. The Morgan fingerprint density at radius 2 is 2.15 bits per heavy atom. The zero-order chi connectivity index (χ0) is 14.6. The fraction of sp³-hybridized carbons (Fsp3) is 0.933. The molecule has 1 heterocycles. The van der Waals surface area contributed by atoms with Crippen molar-refractivity contribution in [2.45, 2.75) is 51.1 Å². The number of amides is 1. The van der Waals surface area contributed by atoms with E-state index in [2.05, 4.69) is 24.1 Å². The minimum atomic E-state index is -0.486. The molecule has 5 heteroatoms. The molecule has 2 atom stereocenters. The first kappa shape index (κ1) is 15.7. The normalized spacial score (nSPS) is 31.9. The zero-order valence-corrected chi connectivity index (χ0v) is 12.9. The Kier molecular flexibility index (Phi) is 5.41. The molecule has 0 bridgehead atoms. The van der Waals surface area contributed by atoms with Gasteiger partial charge in [-0.3, -0.25) is 9.69 Å². The van der Waals surface area contributed by atoms with Gasteiger partial charge < -0.3 is 15.8 Å². The van der Waals surface area contributed by atoms with Crippen LogP contribution in [0, 0.1) is 5.92 Å². The molecule has 0 aromatic heterocycles. The Morgan fingerprint density at radius 3 is 2.75 bits per heavy atom. The molecule has 5 nitrogen and oxygen atoms in total. The molecule has 0 aromatic carbocycles. The van der Waals surface area contributed by atoms with E-state index in [9.17, 15) is 4.79 Å². The summed E-state index contributed by atoms with van der Waals surface area (Å²) in [5, 5.41) is 3.47. The standard InChI is InChI=1S/C15H29N3O2/c1-12(2)17-15(14(16)19)6-3-4-13(15)5-7-18-8-10-20-11-9-18/h12-13,17H,3-11H2,1-2H3,(H2,16,19). The fourth-order valence-corrected chi connectivity index (χ4v) is 3.73. The second-order valence-corrected chi connectivity index (χ2v) is 6.47. The molecule has 2 rings (SSSR count). The minimum Gasteiger partial charge on any atom is -0.379 e. The van der Waals surface area contributed by atoms with Crippen molar-refractivity contribution < 1.29 is 9.53 Å². The third-order valence-electron chi connectivity index (χ3n) is 4.70. The van der Waals surface area contributed by atoms with E-state index in [1.165, 1.54) is 0 Å². The van der Waals surface area contributed by atoms with Gasteiger partial charge in [0, 0.05) is 19.1 Å². The first-order chi connectivity index (χ1) is 9.54. The molecule has 0 radical (unpaired) electrons. The number of hydrogen-bond acceptors (Lipinski definition) is 4. The number of nitrogens with two attached hydrogens (primary N) is 1. The first-order valence-corrected chi connectivity index (χ1v) is 7.92. The van der Waals surface area contributed by atoms with Crippen molar-refractivity contribution in [1.82, 2.24) is 10.2 Å². The van der Waals surface area contributed by atoms with Gasteiger partial charge in [0.1, 0.15) is 5.54 Å². The van der Waals surface area contributed by atoms with Crippen LogP contribution in [0.25, 0.3) is 0 Å². The zero-order valence-electron chi connectivity index (χ0n) is 12.9. The number of rotatable bonds is 6. The lowest BCUT2D eigenvalue weighted by Gasteiger charge is -2.37. The topological polar surface area (TPSA) is 67.6 Å². The van der Waals surface area contributed by atoms with E-state index in [0.717, 1.165) is 58.5 Å². The molecule has 1 aliphatic carbocycles. The molecule has 20 heavy (non-hydrogen) atoms. The van der Waals surface area contributed by atoms with Crippen LogP contribution in [0.4, 0.5) is 0 Å². The summed E-state index contributed by atoms with van der Waals surface area (Å²) in [6.45, 7) is 8.89. The average molecular weight is 283 g/mol. The number of carbonyl (C=O) groups is 1. The van der Waals surface area contributed by atoms with E-state index >= 15 is 0 Å². The number of carbonyl (C=O) groups excluding carboxylic acids is 1. The molecule has 2 aliphatic rings. The van der Waals surface area contributed by atoms with Gasteiger partial charge in [-0.2, -0.15) is 0 Å². The average Bonchev–Trinajstić information content (AvgIpc) is 2.81. The minimum absolute atomic E-state index is 0.171. The third-order valence-corrected chi connectivity index (χ3v) is 4.70. The van der Waals surface area contributed by atoms with E-state index in [1.807, 2.05) is 0 Å². The molecule has 1 aliphatic heterocycles. The summed E-state index contributed by atoms with van der Waals surface area (Å²) in [7, 11) is 0. The van der Waals surface area contributed by atoms with Crippen LogP contribution < -0.4 is 11.1 Å². The SMILES string of the molecule is CC(C)NC1(C(N)=O)CCCC1CCN1CCOCC1. The Balaban J connectivity index is 1.95. The van der Waals surface area contributed by atoms with E-state index in [0.29, 0.717) is 5.92 Å². The van der Waals surface area contributed by atoms with E-state index < -0.39 is 5.54 Å². The van der Waals surface area contributed by atoms with Crippen LogP contribution in [0.3, 0.4) is 0 Å². The first-order valence-electron chi connectivity index (χ1n) is 7.92. The van der Waals surface area contributed by atoms with Crippen LogP contribution in [0.15, 0.2) is 0 Å². The molecule has 116 valence electrons. The highest BCUT2D eigenvalue weighted by molar-refractivity contribution is 5.85. The molecule has 0 aromatic rings. The van der Waals surface area contributed by atoms with Gasteiger partial charge in [-0.15, -0.1) is 0 Å². The van der Waals surface area contributed by atoms with Gasteiger partial charge in [0.15, 0.2) is 0 Å². The highest BCUT2D eigenvalue weighted by Gasteiger charge is 2.47. The molecule has 1 saturated heterocycles. The highest BCUT2D eigenvalue weighted by atomic mass is 16.5. The van der Waals surface area contributed by atoms with Gasteiger partial charge in [-0.05, 0) is 45.6 Å². The Hall–Kier alpha value is -0.650. The van der Waals surface area contributed by atoms with Crippen molar-refractivity contribution in [3.8, 4) is 0 Å². The largest absolute Gasteiger partial charge is 0.379 e. The number of nitrogens with zero attached hydrogens (tertiary/aromatic N) is 1. The Labute approximate surface area is 122 Å². The van der Waals surface area contributed by atoms with Crippen molar-refractivity contribution in [2.24, 2.45) is 11.7 Å². The molecule has 0 spiro atoms. The lowest BCUT2D eigenvalue weighted by Crippen LogP contribution is -2.60. The maximum atomic E-state index is 12.0. The predicted octanol–water partition coefficient (Wildman–Crippen LogP) is 0.731. The highest BCUT2D eigenvalue weighted by Crippen LogP contribution is 2.38. The van der Waals surface area contributed by atoms with Crippen molar-refractivity contribution in [2.75, 3.05) is 32.8 Å². The molecular formula is C15H29N3O2. The van der Waals surface area contributed by atoms with Gasteiger partial charge in [0.25, 0.3) is 0 Å². The van der Waals surface area contributed by atoms with Crippen LogP contribution in [-0.2, 0) is 9.53 Å². The number of primary amides is 1. The van der Waals surface area contributed by atoms with Crippen LogP contribution in [0.2, 0.25) is 0 Å². The number of morpholine rings is 1. The van der Waals surface area contributed by atoms with Gasteiger partial charge in [-0.25, -0.2) is 0 Å². The Morgan fingerprint density at radius 1 is 1.45 bits per heavy atom. The summed E-state index contributed by atoms with van der Waals surface area (Å²) in [5.74, 6) is 0.195. The summed E-state index contributed by atoms with van der Waals surface area (Å²) in [6.07, 6.45) is 4.13. The van der Waals surface area contributed by atoms with Gasteiger partial charge in [-0.1, -0.05) is 6.42 Å². The summed E-state index contributed by atoms with van der Waals surface area (Å²) < 4.78 is 5.38. The summed E-state index contributed by atoms with van der Waals surface area (Å²) in [5.41, 5.74) is 5.26. The van der Waals surface area contributed by atoms with Gasteiger partial charge in [0.2, 0.25) is 5.91 Å². The quantitative estimate of drug-likeness (QED) is 0.754. The number of hydrogen-bond donors (Lipinski definition) is 2. The van der Waals surface area contributed by atoms with E-state index in [-0.39, 0.29) is 11.9 Å². The lowest BCUT2D eigenvalue weighted by atomic mass is 9.83. The van der Waals surface area contributed by atoms with Crippen LogP contribution in [-0.4, -0.2) is 55.2 Å². The van der Waals surface area contributed by atoms with Gasteiger partial charge >= 0.3 is 0 Å². The molecule has 3 N–H and O–H groups in total. The molecule has 2 fully saturated rings. The second kappa shape index (κ2) is 6.87. The van der Waals surface area contributed by atoms with Crippen molar-refractivity contribution >= 4 is 5.91 Å². The van der Waals surface area contributed by atoms with E-state index in [1.54, 1.807) is 0 Å². The van der Waals surface area contributed by atoms with Crippen molar-refractivity contribution in [3.63, 3.8) is 0 Å². The van der Waals surface area contributed by atoms with Crippen LogP contribution >= 0.6 is 0 Å². The predicted molar refractivity (Wildman–Crippen MR) is 79.4 cm³/mol. The molecule has 1 amide bonds. The van der Waals surface area contributed by atoms with Crippen molar-refractivity contribution in [3.05, 3.63) is 0 Å². The van der Waals surface area contributed by atoms with Crippen LogP contribution in [0.5, 0.6) is 0 Å². The summed E-state index contributed by atoms with van der Waals surface area (Å²) in [4.78, 5) is 14.5. The maximum Gasteiger partial charge on any atom is 0.238 e. The smallest absolute Gasteiger partial charge is 0.238 e. The summed E-state index contributed by atoms with van der Waals surface area (Å²) in [6, 6.07) is 0.284. The third kappa shape index (κ3) is 3.51. The Bertz CT molecular complexity index is 329. The number of ether oxygens (including phenoxy) is 1. The van der Waals surface area contributed by atoms with Gasteiger partial charge in [0.05, 0.1) is 13.2 Å². The molecule has 1 saturated carbocycles. The number of nitrogens with one attached hydrogen (secondary N) is 1. The fourth-order valence-electron chi connectivity index (χ4n) is 3.73. The lowest BCUT2D eigenvalue weighted by molar-refractivity contribution is -0.126. The van der Waals surface area contributed by atoms with E-state index in [4.69, 9.17) is 10.5 Å². The maximum absolute atomic E-state index is 12.0. The summed E-state index contributed by atoms with van der Waals surface area (Å²) >= 11 is 0. The van der Waals surface area contributed by atoms with Crippen molar-refractivity contribution in [1.29, 1.82) is 0 Å².